The molecule has 4 N–H and O–H groups in total. The van der Waals surface area contributed by atoms with Crippen molar-refractivity contribution >= 4 is 11.5 Å². The molecule has 5 heteroatoms. The third-order valence-corrected chi connectivity index (χ3v) is 4.09. The first-order valence-electron chi connectivity index (χ1n) is 7.35. The number of nitrogen functional groups attached to an aromatic ring is 1. The Kier molecular flexibility index (Phi) is 4.34. The molecule has 2 rings (SSSR count). The van der Waals surface area contributed by atoms with Crippen LogP contribution < -0.4 is 11.1 Å². The maximum absolute atomic E-state index is 10.6. The van der Waals surface area contributed by atoms with E-state index in [2.05, 4.69) is 10.4 Å². The molecule has 0 saturated heterocycles. The number of aromatic nitrogens is 2. The van der Waals surface area contributed by atoms with Gasteiger partial charge in [0.15, 0.2) is 0 Å². The summed E-state index contributed by atoms with van der Waals surface area (Å²) < 4.78 is 1.87. The lowest BCUT2D eigenvalue weighted by molar-refractivity contribution is 0.0380. The Morgan fingerprint density at radius 3 is 2.53 bits per heavy atom. The second kappa shape index (κ2) is 5.82. The minimum Gasteiger partial charge on any atom is -0.394 e. The molecule has 0 bridgehead atoms. The SMILES string of the molecule is CCn1nc(C)c(N)c1NCC1(O)CCCCCC1. The summed E-state index contributed by atoms with van der Waals surface area (Å²) in [5.74, 6) is 0.845. The van der Waals surface area contributed by atoms with Gasteiger partial charge in [0.2, 0.25) is 0 Å². The van der Waals surface area contributed by atoms with Gasteiger partial charge in [0.05, 0.1) is 17.0 Å². The smallest absolute Gasteiger partial charge is 0.148 e. The van der Waals surface area contributed by atoms with E-state index < -0.39 is 5.60 Å². The molecule has 0 aromatic carbocycles. The highest BCUT2D eigenvalue weighted by Crippen LogP contribution is 2.29. The molecule has 0 spiro atoms. The zero-order valence-corrected chi connectivity index (χ0v) is 12.1. The molecule has 0 atom stereocenters. The maximum Gasteiger partial charge on any atom is 0.148 e. The molecular formula is C14H26N4O. The van der Waals surface area contributed by atoms with Gasteiger partial charge in [-0.1, -0.05) is 25.7 Å². The molecule has 0 amide bonds. The first-order valence-corrected chi connectivity index (χ1v) is 7.35. The number of nitrogens with one attached hydrogen (secondary N) is 1. The zero-order chi connectivity index (χ0) is 13.9. The highest BCUT2D eigenvalue weighted by Gasteiger charge is 2.28. The second-order valence-corrected chi connectivity index (χ2v) is 5.66. The maximum atomic E-state index is 10.6. The molecule has 1 aromatic heterocycles. The third-order valence-electron chi connectivity index (χ3n) is 4.09. The summed E-state index contributed by atoms with van der Waals surface area (Å²) in [7, 11) is 0. The van der Waals surface area contributed by atoms with Gasteiger partial charge in [-0.3, -0.25) is 0 Å². The lowest BCUT2D eigenvalue weighted by Crippen LogP contribution is -2.36. The van der Waals surface area contributed by atoms with Gasteiger partial charge in [-0.2, -0.15) is 5.10 Å². The van der Waals surface area contributed by atoms with Crippen molar-refractivity contribution in [3.63, 3.8) is 0 Å². The summed E-state index contributed by atoms with van der Waals surface area (Å²) >= 11 is 0. The highest BCUT2D eigenvalue weighted by atomic mass is 16.3. The lowest BCUT2D eigenvalue weighted by atomic mass is 9.94. The molecule has 1 aromatic rings. The fourth-order valence-electron chi connectivity index (χ4n) is 2.82. The predicted molar refractivity (Wildman–Crippen MR) is 78.2 cm³/mol. The van der Waals surface area contributed by atoms with Crippen molar-refractivity contribution in [2.45, 2.75) is 64.5 Å². The number of aryl methyl sites for hydroxylation is 2. The minimum atomic E-state index is -0.598. The molecule has 0 radical (unpaired) electrons. The van der Waals surface area contributed by atoms with Crippen LogP contribution in [0.2, 0.25) is 0 Å². The summed E-state index contributed by atoms with van der Waals surface area (Å²) in [5.41, 5.74) is 6.98. The van der Waals surface area contributed by atoms with Crippen LogP contribution >= 0.6 is 0 Å². The molecule has 5 nitrogen and oxygen atoms in total. The fraction of sp³-hybridized carbons (Fsp3) is 0.786. The first kappa shape index (κ1) is 14.2. The van der Waals surface area contributed by atoms with Crippen molar-refractivity contribution in [2.75, 3.05) is 17.6 Å². The van der Waals surface area contributed by atoms with Gasteiger partial charge in [0.25, 0.3) is 0 Å². The summed E-state index contributed by atoms with van der Waals surface area (Å²) in [6.45, 7) is 5.28. The van der Waals surface area contributed by atoms with Gasteiger partial charge < -0.3 is 16.2 Å². The number of rotatable bonds is 4. The highest BCUT2D eigenvalue weighted by molar-refractivity contribution is 5.64. The van der Waals surface area contributed by atoms with E-state index in [0.29, 0.717) is 12.2 Å². The number of hydrogen-bond acceptors (Lipinski definition) is 4. The van der Waals surface area contributed by atoms with E-state index in [0.717, 1.165) is 43.7 Å². The minimum absolute atomic E-state index is 0.558. The van der Waals surface area contributed by atoms with Crippen LogP contribution in [0.25, 0.3) is 0 Å². The van der Waals surface area contributed by atoms with Crippen LogP contribution in [-0.2, 0) is 6.54 Å². The predicted octanol–water partition coefficient (Wildman–Crippen LogP) is 2.29. The lowest BCUT2D eigenvalue weighted by Gasteiger charge is -2.27. The van der Waals surface area contributed by atoms with Crippen molar-refractivity contribution in [3.8, 4) is 0 Å². The number of hydrogen-bond donors (Lipinski definition) is 3. The molecule has 1 heterocycles. The van der Waals surface area contributed by atoms with Gasteiger partial charge in [-0.15, -0.1) is 0 Å². The van der Waals surface area contributed by atoms with Gasteiger partial charge in [-0.05, 0) is 26.7 Å². The second-order valence-electron chi connectivity index (χ2n) is 5.66. The Morgan fingerprint density at radius 1 is 1.32 bits per heavy atom. The Hall–Kier alpha value is -1.23. The van der Waals surface area contributed by atoms with E-state index in [9.17, 15) is 5.11 Å². The molecule has 0 unspecified atom stereocenters. The van der Waals surface area contributed by atoms with Crippen molar-refractivity contribution in [1.82, 2.24) is 9.78 Å². The molecule has 108 valence electrons. The van der Waals surface area contributed by atoms with Crippen LogP contribution in [0.1, 0.15) is 51.1 Å². The van der Waals surface area contributed by atoms with Crippen LogP contribution in [-0.4, -0.2) is 27.0 Å². The van der Waals surface area contributed by atoms with Gasteiger partial charge in [0, 0.05) is 13.1 Å². The van der Waals surface area contributed by atoms with Crippen molar-refractivity contribution < 1.29 is 5.11 Å². The van der Waals surface area contributed by atoms with Crippen LogP contribution in [0.5, 0.6) is 0 Å². The topological polar surface area (TPSA) is 76.1 Å². The van der Waals surface area contributed by atoms with Crippen LogP contribution in [0.15, 0.2) is 0 Å². The number of nitrogens with zero attached hydrogens (tertiary/aromatic N) is 2. The first-order chi connectivity index (χ1) is 9.06. The van der Waals surface area contributed by atoms with Gasteiger partial charge in [-0.25, -0.2) is 4.68 Å². The zero-order valence-electron chi connectivity index (χ0n) is 12.1. The monoisotopic (exact) mass is 266 g/mol. The normalized spacial score (nSPS) is 19.1. The average molecular weight is 266 g/mol. The molecule has 1 aliphatic carbocycles. The Balaban J connectivity index is 2.05. The van der Waals surface area contributed by atoms with Crippen molar-refractivity contribution in [1.29, 1.82) is 0 Å². The van der Waals surface area contributed by atoms with Crippen LogP contribution in [0, 0.1) is 6.92 Å². The average Bonchev–Trinajstić information content (AvgIpc) is 2.56. The van der Waals surface area contributed by atoms with E-state index in [1.165, 1.54) is 12.8 Å². The summed E-state index contributed by atoms with van der Waals surface area (Å²) in [4.78, 5) is 0. The summed E-state index contributed by atoms with van der Waals surface area (Å²) in [6, 6.07) is 0. The molecule has 1 fully saturated rings. The van der Waals surface area contributed by atoms with Gasteiger partial charge >= 0.3 is 0 Å². The molecule has 19 heavy (non-hydrogen) atoms. The Labute approximate surface area is 115 Å². The van der Waals surface area contributed by atoms with Crippen LogP contribution in [0.3, 0.4) is 0 Å². The number of nitrogens with two attached hydrogens (primary N) is 1. The van der Waals surface area contributed by atoms with Gasteiger partial charge in [0.1, 0.15) is 5.82 Å². The van der Waals surface area contributed by atoms with Crippen molar-refractivity contribution in [3.05, 3.63) is 5.69 Å². The largest absolute Gasteiger partial charge is 0.394 e. The number of aliphatic hydroxyl groups is 1. The third kappa shape index (κ3) is 3.21. The van der Waals surface area contributed by atoms with E-state index in [4.69, 9.17) is 5.73 Å². The quantitative estimate of drug-likeness (QED) is 0.731. The van der Waals surface area contributed by atoms with E-state index in [1.807, 2.05) is 18.5 Å². The van der Waals surface area contributed by atoms with E-state index in [1.54, 1.807) is 0 Å². The number of anilines is 2. The molecule has 1 aliphatic rings. The van der Waals surface area contributed by atoms with E-state index in [-0.39, 0.29) is 0 Å². The molecule has 1 saturated carbocycles. The van der Waals surface area contributed by atoms with E-state index >= 15 is 0 Å². The molecule has 0 aliphatic heterocycles. The Bertz CT molecular complexity index is 419. The summed E-state index contributed by atoms with van der Waals surface area (Å²) in [5, 5.41) is 18.3. The Morgan fingerprint density at radius 2 is 1.95 bits per heavy atom. The van der Waals surface area contributed by atoms with Crippen LogP contribution in [0.4, 0.5) is 11.5 Å². The fourth-order valence-corrected chi connectivity index (χ4v) is 2.82. The summed E-state index contributed by atoms with van der Waals surface area (Å²) in [6.07, 6.45) is 6.44. The standard InChI is InChI=1S/C14H26N4O/c1-3-18-13(12(15)11(2)17-18)16-10-14(19)8-6-4-5-7-9-14/h16,19H,3-10,15H2,1-2H3. The molecular weight excluding hydrogens is 240 g/mol. The van der Waals surface area contributed by atoms with Crippen molar-refractivity contribution in [2.24, 2.45) is 0 Å².